The Bertz CT molecular complexity index is 821. The Labute approximate surface area is 140 Å². The molecule has 2 aromatic carbocycles. The highest BCUT2D eigenvalue weighted by Gasteiger charge is 2.07. The highest BCUT2D eigenvalue weighted by Crippen LogP contribution is 2.06. The molecule has 1 N–H and O–H groups in total. The summed E-state index contributed by atoms with van der Waals surface area (Å²) in [4.78, 5) is 13.4. The fraction of sp³-hybridized carbons (Fsp3) is 0.222. The van der Waals surface area contributed by atoms with Crippen molar-refractivity contribution in [3.8, 4) is 0 Å². The van der Waals surface area contributed by atoms with Crippen LogP contribution in [0, 0.1) is 0 Å². The quantitative estimate of drug-likeness (QED) is 0.560. The van der Waals surface area contributed by atoms with Crippen LogP contribution < -0.4 is 5.43 Å². The summed E-state index contributed by atoms with van der Waals surface area (Å²) in [5, 5.41) is 12.8. The molecule has 0 aliphatic carbocycles. The molecule has 0 unspecified atom stereocenters. The molecule has 24 heavy (non-hydrogen) atoms. The summed E-state index contributed by atoms with van der Waals surface area (Å²) in [6.07, 6.45) is 1.50. The molecule has 1 aromatic heterocycles. The molecule has 0 aliphatic rings. The molecule has 0 aliphatic heterocycles. The van der Waals surface area contributed by atoms with Crippen LogP contribution in [0.1, 0.15) is 18.9 Å². The number of aromatic nitrogens is 3. The topological polar surface area (TPSA) is 72.2 Å². The van der Waals surface area contributed by atoms with Gasteiger partial charge in [-0.15, -0.1) is 0 Å². The zero-order valence-electron chi connectivity index (χ0n) is 13.5. The fourth-order valence-corrected chi connectivity index (χ4v) is 2.36. The maximum atomic E-state index is 12.0. The van der Waals surface area contributed by atoms with Gasteiger partial charge in [0, 0.05) is 12.1 Å². The van der Waals surface area contributed by atoms with Gasteiger partial charge in [0.1, 0.15) is 17.6 Å². The molecule has 0 saturated carbocycles. The largest absolute Gasteiger partial charge is 0.271 e. The van der Waals surface area contributed by atoms with Crippen molar-refractivity contribution >= 4 is 22.7 Å². The summed E-state index contributed by atoms with van der Waals surface area (Å²) in [5.74, 6) is -0.241. The molecule has 3 rings (SSSR count). The van der Waals surface area contributed by atoms with E-state index in [1.165, 1.54) is 10.4 Å². The van der Waals surface area contributed by atoms with E-state index in [0.717, 1.165) is 29.6 Å². The van der Waals surface area contributed by atoms with E-state index in [4.69, 9.17) is 0 Å². The molecule has 0 bridgehead atoms. The zero-order valence-corrected chi connectivity index (χ0v) is 13.5. The number of hydrazone groups is 1. The van der Waals surface area contributed by atoms with Gasteiger partial charge in [0.15, 0.2) is 0 Å². The lowest BCUT2D eigenvalue weighted by Crippen LogP contribution is -2.25. The molecule has 6 nitrogen and oxygen atoms in total. The van der Waals surface area contributed by atoms with Gasteiger partial charge in [-0.25, -0.2) is 5.43 Å². The Kier molecular flexibility index (Phi) is 4.96. The van der Waals surface area contributed by atoms with Gasteiger partial charge in [0.25, 0.3) is 5.91 Å². The zero-order chi connectivity index (χ0) is 16.8. The van der Waals surface area contributed by atoms with Crippen molar-refractivity contribution in [2.24, 2.45) is 5.10 Å². The number of amides is 1. The van der Waals surface area contributed by atoms with Crippen molar-refractivity contribution < 1.29 is 4.79 Å². The summed E-state index contributed by atoms with van der Waals surface area (Å²) < 4.78 is 0. The molecule has 3 aromatic rings. The van der Waals surface area contributed by atoms with Gasteiger partial charge in [0.2, 0.25) is 0 Å². The first kappa shape index (κ1) is 15.9. The normalized spacial score (nSPS) is 11.6. The van der Waals surface area contributed by atoms with Crippen LogP contribution in [0.25, 0.3) is 11.0 Å². The predicted molar refractivity (Wildman–Crippen MR) is 93.5 cm³/mol. The summed E-state index contributed by atoms with van der Waals surface area (Å²) in [6.45, 7) is 2.07. The Hall–Kier alpha value is -3.02. The average molecular weight is 321 g/mol. The Morgan fingerprint density at radius 2 is 1.67 bits per heavy atom. The third-order valence-electron chi connectivity index (χ3n) is 3.61. The minimum Gasteiger partial charge on any atom is -0.271 e. The average Bonchev–Trinajstić information content (AvgIpc) is 3.01. The lowest BCUT2D eigenvalue weighted by molar-refractivity contribution is -0.122. The van der Waals surface area contributed by atoms with Crippen LogP contribution in [0.2, 0.25) is 0 Å². The van der Waals surface area contributed by atoms with Gasteiger partial charge in [-0.2, -0.15) is 20.1 Å². The van der Waals surface area contributed by atoms with Gasteiger partial charge >= 0.3 is 0 Å². The number of benzene rings is 2. The monoisotopic (exact) mass is 321 g/mol. The molecule has 0 fully saturated rings. The number of hydrogen-bond donors (Lipinski definition) is 1. The highest BCUT2D eigenvalue weighted by atomic mass is 16.2. The van der Waals surface area contributed by atoms with Crippen molar-refractivity contribution in [1.82, 2.24) is 20.4 Å². The number of carbonyl (C=O) groups is 1. The Morgan fingerprint density at radius 1 is 1.04 bits per heavy atom. The third kappa shape index (κ3) is 4.04. The minimum absolute atomic E-state index is 0.0422. The Balaban J connectivity index is 1.60. The van der Waals surface area contributed by atoms with Crippen LogP contribution in [0.15, 0.2) is 59.7 Å². The first-order valence-corrected chi connectivity index (χ1v) is 7.92. The van der Waals surface area contributed by atoms with E-state index in [1.54, 1.807) is 0 Å². The highest BCUT2D eigenvalue weighted by molar-refractivity contribution is 5.87. The van der Waals surface area contributed by atoms with Crippen LogP contribution >= 0.6 is 0 Å². The lowest BCUT2D eigenvalue weighted by Gasteiger charge is -2.05. The molecule has 0 spiro atoms. The Morgan fingerprint density at radius 3 is 2.29 bits per heavy atom. The second-order valence-electron chi connectivity index (χ2n) is 5.45. The molecule has 0 saturated heterocycles. The van der Waals surface area contributed by atoms with Crippen LogP contribution in [0.5, 0.6) is 0 Å². The van der Waals surface area contributed by atoms with E-state index in [0.29, 0.717) is 0 Å². The molecule has 122 valence electrons. The van der Waals surface area contributed by atoms with E-state index in [1.807, 2.05) is 61.5 Å². The third-order valence-corrected chi connectivity index (χ3v) is 3.61. The van der Waals surface area contributed by atoms with Crippen molar-refractivity contribution in [3.63, 3.8) is 0 Å². The summed E-state index contributed by atoms with van der Waals surface area (Å²) in [6, 6.07) is 17.6. The molecule has 1 heterocycles. The van der Waals surface area contributed by atoms with E-state index in [2.05, 4.69) is 20.7 Å². The van der Waals surface area contributed by atoms with Gasteiger partial charge in [-0.3, -0.25) is 4.79 Å². The summed E-state index contributed by atoms with van der Waals surface area (Å²) in [7, 11) is 0. The fourth-order valence-electron chi connectivity index (χ4n) is 2.36. The van der Waals surface area contributed by atoms with Crippen LogP contribution in [0.4, 0.5) is 0 Å². The van der Waals surface area contributed by atoms with E-state index >= 15 is 0 Å². The first-order chi connectivity index (χ1) is 11.7. The molecule has 0 radical (unpaired) electrons. The minimum atomic E-state index is -0.241. The van der Waals surface area contributed by atoms with Crippen molar-refractivity contribution in [3.05, 3.63) is 60.2 Å². The van der Waals surface area contributed by atoms with Crippen LogP contribution in [-0.4, -0.2) is 26.6 Å². The summed E-state index contributed by atoms with van der Waals surface area (Å²) >= 11 is 0. The molecular weight excluding hydrogens is 302 g/mol. The predicted octanol–water partition coefficient (Wildman–Crippen LogP) is 2.56. The number of nitrogens with zero attached hydrogens (tertiary/aromatic N) is 4. The standard InChI is InChI=1S/C18H19N5O/c1-2-15(12-14-8-4-3-5-9-14)19-20-18(24)13-23-21-16-10-6-7-11-17(16)22-23/h3-11H,2,12-13H2,1H3,(H,20,24)/b19-15-. The van der Waals surface area contributed by atoms with Crippen molar-refractivity contribution in [2.45, 2.75) is 26.3 Å². The van der Waals surface area contributed by atoms with Gasteiger partial charge in [-0.05, 0) is 24.1 Å². The SMILES string of the molecule is CC/C(Cc1ccccc1)=N/NC(=O)Cn1nc2ccccc2n1. The molecule has 0 atom stereocenters. The number of hydrogen-bond acceptors (Lipinski definition) is 4. The number of rotatable bonds is 6. The molecule has 6 heteroatoms. The lowest BCUT2D eigenvalue weighted by atomic mass is 10.1. The van der Waals surface area contributed by atoms with Crippen molar-refractivity contribution in [2.75, 3.05) is 0 Å². The number of fused-ring (bicyclic) bond motifs is 1. The molecular formula is C18H19N5O. The van der Waals surface area contributed by atoms with E-state index in [9.17, 15) is 4.79 Å². The molecule has 1 amide bonds. The number of nitrogens with one attached hydrogen (secondary N) is 1. The maximum absolute atomic E-state index is 12.0. The van der Waals surface area contributed by atoms with E-state index in [-0.39, 0.29) is 12.5 Å². The van der Waals surface area contributed by atoms with Gasteiger partial charge in [-0.1, -0.05) is 49.4 Å². The smallest absolute Gasteiger partial charge is 0.263 e. The maximum Gasteiger partial charge on any atom is 0.263 e. The van der Waals surface area contributed by atoms with Crippen LogP contribution in [0.3, 0.4) is 0 Å². The van der Waals surface area contributed by atoms with E-state index < -0.39 is 0 Å². The second-order valence-corrected chi connectivity index (χ2v) is 5.45. The number of carbonyl (C=O) groups excluding carboxylic acids is 1. The van der Waals surface area contributed by atoms with Crippen LogP contribution in [-0.2, 0) is 17.8 Å². The summed E-state index contributed by atoms with van der Waals surface area (Å²) in [5.41, 5.74) is 6.23. The van der Waals surface area contributed by atoms with Gasteiger partial charge < -0.3 is 0 Å². The second kappa shape index (κ2) is 7.50. The first-order valence-electron chi connectivity index (χ1n) is 7.92. The van der Waals surface area contributed by atoms with Crippen molar-refractivity contribution in [1.29, 1.82) is 0 Å². The van der Waals surface area contributed by atoms with Gasteiger partial charge in [0.05, 0.1) is 0 Å².